The molecule has 0 saturated carbocycles. The summed E-state index contributed by atoms with van der Waals surface area (Å²) in [5.74, 6) is 0.167. The zero-order valence-electron chi connectivity index (χ0n) is 43.7. The molecule has 64 heavy (non-hydrogen) atoms. The van der Waals surface area contributed by atoms with E-state index < -0.39 is 70.9 Å². The van der Waals surface area contributed by atoms with Crippen LogP contribution in [-0.4, -0.2) is 210 Å². The van der Waals surface area contributed by atoms with E-state index in [2.05, 4.69) is 62.6 Å². The normalized spacial score (nSPS) is 8.92. The number of ketones is 1. The van der Waals surface area contributed by atoms with Crippen LogP contribution in [0.2, 0.25) is 0 Å². The van der Waals surface area contributed by atoms with E-state index in [4.69, 9.17) is 5.21 Å². The average Bonchev–Trinajstić information content (AvgIpc) is 3.12. The van der Waals surface area contributed by atoms with Crippen LogP contribution in [0.4, 0.5) is 0 Å². The molecule has 0 radical (unpaired) electrons. The number of nitrogens with two attached hydrogens (primary N) is 8. The lowest BCUT2D eigenvalue weighted by Gasteiger charge is -2.00. The number of primary sulfonamides is 2. The SMILES string of the molecule is CC.CC.CC(C)=O.CN.CN.CN.CN.CN.CN.CN(O)S(C)(=O)=O.COOP(C)C.COS(C)(=O)=O.COS(C)(=O)=O.CS(C)(=O)=O.CS(C)=O.CS(N)(=O)=O.CS(N)(=O)=O. The topological polar surface area (TPSA) is 508 Å². The van der Waals surface area contributed by atoms with Gasteiger partial charge in [0.15, 0.2) is 0 Å². The molecule has 0 atom stereocenters. The van der Waals surface area contributed by atoms with Crippen LogP contribution < -0.4 is 44.7 Å². The number of carbonyl (C=O) groups excluding carboxylic acids is 1. The standard InChI is InChI=1S/C3H9O2P.C3H6O.C2H7NO3S.2C2H6O3S.C2H6O2S.C2H6OS.2C2H6.2CH5NO2S.6CH5N/c1-4-5-6(2)3;1-3(2)4;1-3(4)7(2,5)6;2*1-5-6(2,3)4;1-5(2,3)4;1-4(2)3;2*1-2;2*1-5(2,3)4;6*1-2/h1-3H3;1-2H3;4H,1-2H3;2*1-2H3;1-2H3;1-2H3;2*1-2H3;2*1H3,(H2,2,3,4);6*2H2,1H3. The second kappa shape index (κ2) is 89.0. The molecule has 0 aliphatic rings. The van der Waals surface area contributed by atoms with E-state index in [0.717, 1.165) is 65.1 Å². The Balaban J connectivity index is -0.0000000250. The minimum Gasteiger partial charge on any atom is -0.333 e. The van der Waals surface area contributed by atoms with Crippen molar-refractivity contribution < 1.29 is 82.6 Å². The fourth-order valence-electron chi connectivity index (χ4n) is 0.149. The molecule has 28 nitrogen and oxygen atoms in total. The summed E-state index contributed by atoms with van der Waals surface area (Å²) in [7, 11) is -5.80. The number of hydroxylamine groups is 1. The van der Waals surface area contributed by atoms with Crippen molar-refractivity contribution in [3.8, 4) is 0 Å². The first-order valence-corrected chi connectivity index (χ1v) is 32.4. The molecule has 0 aliphatic carbocycles. The van der Waals surface area contributed by atoms with E-state index in [0.29, 0.717) is 0 Å². The summed E-state index contributed by atoms with van der Waals surface area (Å²) in [6.07, 6.45) is 10.4. The quantitative estimate of drug-likeness (QED) is 0.0582. The third-order valence-corrected chi connectivity index (χ3v) is 3.93. The smallest absolute Gasteiger partial charge is 0.264 e. The Morgan fingerprint density at radius 3 is 0.609 bits per heavy atom. The van der Waals surface area contributed by atoms with E-state index in [-0.39, 0.29) is 18.4 Å². The highest BCUT2D eigenvalue weighted by Gasteiger charge is 2.03. The summed E-state index contributed by atoms with van der Waals surface area (Å²) in [6.45, 7) is 15.0. The van der Waals surface area contributed by atoms with E-state index in [9.17, 15) is 59.5 Å². The number of Topliss-reactive ketones (excluding diaryl/α,β-unsaturated/α-hetero) is 1. The molecule has 17 N–H and O–H groups in total. The van der Waals surface area contributed by atoms with Gasteiger partial charge in [0, 0.05) is 42.9 Å². The zero-order valence-corrected chi connectivity index (χ0v) is 50.3. The minimum atomic E-state index is -3.35. The van der Waals surface area contributed by atoms with Crippen molar-refractivity contribution in [1.29, 1.82) is 0 Å². The molecule has 0 aromatic rings. The van der Waals surface area contributed by atoms with Crippen LogP contribution in [0.3, 0.4) is 0 Å². The Kier molecular flexibility index (Phi) is 160. The van der Waals surface area contributed by atoms with Crippen LogP contribution in [0.15, 0.2) is 0 Å². The third kappa shape index (κ3) is 1080. The van der Waals surface area contributed by atoms with Crippen LogP contribution in [0, 0.1) is 0 Å². The zero-order chi connectivity index (χ0) is 58.1. The number of hydrogen-bond donors (Lipinski definition) is 9. The molecule has 0 bridgehead atoms. The lowest BCUT2D eigenvalue weighted by molar-refractivity contribution is -0.168. The van der Waals surface area contributed by atoms with Gasteiger partial charge in [-0.15, -0.1) is 0 Å². The van der Waals surface area contributed by atoms with Crippen LogP contribution in [0.25, 0.3) is 0 Å². The van der Waals surface area contributed by atoms with Gasteiger partial charge in [0.25, 0.3) is 20.2 Å². The Labute approximate surface area is 396 Å². The summed E-state index contributed by atoms with van der Waals surface area (Å²) in [5, 5.41) is 16.8. The first-order valence-electron chi connectivity index (χ1n) is 16.6. The highest BCUT2D eigenvalue weighted by atomic mass is 32.2. The molecule has 0 heterocycles. The number of sulfonamides is 3. The van der Waals surface area contributed by atoms with Gasteiger partial charge in [0.1, 0.15) is 15.6 Å². The van der Waals surface area contributed by atoms with Crippen molar-refractivity contribution in [2.24, 2.45) is 44.7 Å². The summed E-state index contributed by atoms with van der Waals surface area (Å²) in [4.78, 5) is 13.8. The fraction of sp³-hybridized carbons (Fsp3) is 0.964. The van der Waals surface area contributed by atoms with E-state index in [1.165, 1.54) is 63.2 Å². The van der Waals surface area contributed by atoms with Crippen molar-refractivity contribution >= 4 is 84.9 Å². The number of rotatable bonds is 5. The second-order valence-electron chi connectivity index (χ2n) is 8.44. The summed E-state index contributed by atoms with van der Waals surface area (Å²) >= 11 is 0. The van der Waals surface area contributed by atoms with Gasteiger partial charge in [0.05, 0.1) is 60.8 Å². The highest BCUT2D eigenvalue weighted by molar-refractivity contribution is 7.90. The fourth-order valence-corrected chi connectivity index (χ4v) is 0.447. The van der Waals surface area contributed by atoms with Gasteiger partial charge in [-0.3, -0.25) is 17.8 Å². The van der Waals surface area contributed by atoms with Crippen LogP contribution >= 0.6 is 8.15 Å². The Hall–Kier alpha value is -0.610. The maximum Gasteiger partial charge on any atom is 0.264 e. The lowest BCUT2D eigenvalue weighted by atomic mass is 10.6. The van der Waals surface area contributed by atoms with Gasteiger partial charge in [-0.25, -0.2) is 53.5 Å². The summed E-state index contributed by atoms with van der Waals surface area (Å²) < 4.78 is 138. The van der Waals surface area contributed by atoms with Crippen molar-refractivity contribution in [2.45, 2.75) is 41.5 Å². The molecule has 0 aliphatic heterocycles. The number of nitrogens with zero attached hydrogens (tertiary/aromatic N) is 1. The van der Waals surface area contributed by atoms with Gasteiger partial charge >= 0.3 is 0 Å². The average molecular weight is 1120 g/mol. The minimum absolute atomic E-state index is 0.160. The highest BCUT2D eigenvalue weighted by Crippen LogP contribution is 2.24. The van der Waals surface area contributed by atoms with Gasteiger partial charge < -0.3 is 39.2 Å². The molecular weight excluding hydrogens is 1020 g/mol. The van der Waals surface area contributed by atoms with Crippen molar-refractivity contribution in [2.75, 3.05) is 140 Å². The first kappa shape index (κ1) is 115. The predicted molar refractivity (Wildman–Crippen MR) is 274 cm³/mol. The van der Waals surface area contributed by atoms with Crippen LogP contribution in [0.1, 0.15) is 41.5 Å². The number of sulfone groups is 1. The Bertz CT molecular complexity index is 1330. The molecule has 0 spiro atoms. The van der Waals surface area contributed by atoms with Gasteiger partial charge in [-0.1, -0.05) is 32.2 Å². The monoisotopic (exact) mass is 1120 g/mol. The maximum atomic E-state index is 10.0. The van der Waals surface area contributed by atoms with Gasteiger partial charge in [0.2, 0.25) is 30.1 Å². The lowest BCUT2D eigenvalue weighted by Crippen LogP contribution is -2.20. The predicted octanol–water partition coefficient (Wildman–Crippen LogP) is -2.77. The van der Waals surface area contributed by atoms with Gasteiger partial charge in [-0.2, -0.15) is 16.8 Å². The van der Waals surface area contributed by atoms with E-state index in [1.54, 1.807) is 12.5 Å². The molecule has 0 unspecified atom stereocenters. The largest absolute Gasteiger partial charge is 0.333 e. The molecule has 0 aromatic heterocycles. The van der Waals surface area contributed by atoms with Crippen LogP contribution in [-0.2, 0) is 93.7 Å². The number of carbonyl (C=O) groups is 1. The van der Waals surface area contributed by atoms with Crippen molar-refractivity contribution in [1.82, 2.24) is 4.47 Å². The second-order valence-corrected chi connectivity index (χ2v) is 22.8. The molecule has 0 amide bonds. The van der Waals surface area contributed by atoms with Crippen LogP contribution in [0.5, 0.6) is 0 Å². The molecule has 36 heteroatoms. The molecule has 0 aromatic carbocycles. The van der Waals surface area contributed by atoms with Crippen molar-refractivity contribution in [3.63, 3.8) is 0 Å². The van der Waals surface area contributed by atoms with Gasteiger partial charge in [-0.05, 0) is 69.5 Å². The van der Waals surface area contributed by atoms with E-state index >= 15 is 0 Å². The third-order valence-electron chi connectivity index (χ3n) is 1.31. The first-order chi connectivity index (χ1) is 28.3. The maximum absolute atomic E-state index is 10.0. The Morgan fingerprint density at radius 2 is 0.609 bits per heavy atom. The molecule has 0 saturated heterocycles. The molecule has 0 fully saturated rings. The van der Waals surface area contributed by atoms with Crippen molar-refractivity contribution in [3.05, 3.63) is 0 Å². The summed E-state index contributed by atoms with van der Waals surface area (Å²) in [6, 6.07) is 0. The molecule has 0 rings (SSSR count). The molecular formula is C28H98N9O19PS7. The Morgan fingerprint density at radius 1 is 0.531 bits per heavy atom. The van der Waals surface area contributed by atoms with E-state index in [1.807, 2.05) is 41.0 Å². The number of hydrogen-bond acceptors (Lipinski definition) is 25. The summed E-state index contributed by atoms with van der Waals surface area (Å²) in [5.41, 5.74) is 27.0. The molecule has 416 valence electrons.